The number of fused-ring (bicyclic) bond motifs is 2. The predicted molar refractivity (Wildman–Crippen MR) is 168 cm³/mol. The number of hydrogen-bond acceptors (Lipinski definition) is 8. The smallest absolute Gasteiger partial charge is 0.318 e. The minimum atomic E-state index is -0.302. The van der Waals surface area contributed by atoms with Gasteiger partial charge in [-0.3, -0.25) is 9.59 Å². The summed E-state index contributed by atoms with van der Waals surface area (Å²) >= 11 is 0. The Morgan fingerprint density at radius 2 is 1.93 bits per heavy atom. The van der Waals surface area contributed by atoms with Gasteiger partial charge in [-0.05, 0) is 61.3 Å². The van der Waals surface area contributed by atoms with Crippen LogP contribution in [-0.4, -0.2) is 88.4 Å². The molecule has 10 heteroatoms. The third kappa shape index (κ3) is 5.60. The van der Waals surface area contributed by atoms with E-state index in [9.17, 15) is 14.9 Å². The Labute approximate surface area is 258 Å². The lowest BCUT2D eigenvalue weighted by atomic mass is 9.97. The van der Waals surface area contributed by atoms with Gasteiger partial charge in [0, 0.05) is 36.8 Å². The fraction of sp³-hybridized carbons (Fsp3) is 0.441. The summed E-state index contributed by atoms with van der Waals surface area (Å²) in [6, 6.07) is 14.6. The van der Waals surface area contributed by atoms with Crippen LogP contribution in [-0.2, 0) is 24.3 Å². The van der Waals surface area contributed by atoms with Crippen LogP contribution in [0.1, 0.15) is 53.4 Å². The van der Waals surface area contributed by atoms with E-state index in [1.807, 2.05) is 35.2 Å². The Bertz CT molecular complexity index is 1630. The van der Waals surface area contributed by atoms with Crippen LogP contribution in [0.5, 0.6) is 6.01 Å². The molecule has 44 heavy (non-hydrogen) atoms. The highest BCUT2D eigenvalue weighted by Crippen LogP contribution is 2.35. The normalized spacial score (nSPS) is 20.1. The average molecular weight is 594 g/mol. The van der Waals surface area contributed by atoms with Crippen molar-refractivity contribution in [2.75, 3.05) is 44.7 Å². The molecule has 2 atom stereocenters. The number of likely N-dealkylation sites (tertiary alicyclic amines) is 1. The third-order valence-corrected chi connectivity index (χ3v) is 9.27. The Morgan fingerprint density at radius 1 is 1.11 bits per heavy atom. The van der Waals surface area contributed by atoms with Gasteiger partial charge in [-0.1, -0.05) is 43.8 Å². The zero-order valence-electron chi connectivity index (χ0n) is 25.5. The molecule has 0 spiro atoms. The highest BCUT2D eigenvalue weighted by Gasteiger charge is 2.36. The van der Waals surface area contributed by atoms with E-state index in [1.54, 1.807) is 4.90 Å². The zero-order chi connectivity index (χ0) is 30.8. The number of rotatable bonds is 8. The molecule has 10 nitrogen and oxygen atoms in total. The van der Waals surface area contributed by atoms with E-state index < -0.39 is 0 Å². The fourth-order valence-electron chi connectivity index (χ4n) is 6.84. The summed E-state index contributed by atoms with van der Waals surface area (Å²) in [6.45, 7) is 9.42. The minimum absolute atomic E-state index is 0.0424. The number of ether oxygens (including phenoxy) is 1. The Kier molecular flexibility index (Phi) is 8.49. The number of anilines is 1. The van der Waals surface area contributed by atoms with Gasteiger partial charge in [0.05, 0.1) is 37.3 Å². The summed E-state index contributed by atoms with van der Waals surface area (Å²) in [6.07, 6.45) is 4.54. The molecule has 228 valence electrons. The molecule has 2 fully saturated rings. The maximum Gasteiger partial charge on any atom is 0.318 e. The lowest BCUT2D eigenvalue weighted by Crippen LogP contribution is -2.55. The molecule has 1 aromatic heterocycles. The first-order valence-corrected chi connectivity index (χ1v) is 15.5. The van der Waals surface area contributed by atoms with Crippen LogP contribution in [0.4, 0.5) is 5.82 Å². The van der Waals surface area contributed by atoms with E-state index in [-0.39, 0.29) is 24.3 Å². The Balaban J connectivity index is 1.33. The fourth-order valence-corrected chi connectivity index (χ4v) is 6.84. The molecule has 6 rings (SSSR count). The van der Waals surface area contributed by atoms with Crippen LogP contribution in [0.3, 0.4) is 0 Å². The lowest BCUT2D eigenvalue weighted by Gasteiger charge is -2.41. The number of carbonyl (C=O) groups is 2. The van der Waals surface area contributed by atoms with Gasteiger partial charge in [-0.15, -0.1) is 0 Å². The molecule has 0 saturated carbocycles. The zero-order valence-corrected chi connectivity index (χ0v) is 25.5. The van der Waals surface area contributed by atoms with Crippen molar-refractivity contribution >= 4 is 28.4 Å². The van der Waals surface area contributed by atoms with Gasteiger partial charge < -0.3 is 24.3 Å². The minimum Gasteiger partial charge on any atom is -0.462 e. The Hall–Kier alpha value is -4.49. The van der Waals surface area contributed by atoms with Gasteiger partial charge in [0.25, 0.3) is 5.91 Å². The van der Waals surface area contributed by atoms with Crippen LogP contribution in [0.15, 0.2) is 49.1 Å². The quantitative estimate of drug-likeness (QED) is 0.362. The number of benzene rings is 2. The molecule has 0 bridgehead atoms. The highest BCUT2D eigenvalue weighted by molar-refractivity contribution is 6.08. The molecule has 0 unspecified atom stereocenters. The van der Waals surface area contributed by atoms with Crippen molar-refractivity contribution in [1.82, 2.24) is 24.7 Å². The van der Waals surface area contributed by atoms with Gasteiger partial charge >= 0.3 is 6.01 Å². The van der Waals surface area contributed by atoms with Crippen LogP contribution in [0.2, 0.25) is 0 Å². The molecular weight excluding hydrogens is 554 g/mol. The predicted octanol–water partition coefficient (Wildman–Crippen LogP) is 3.94. The second kappa shape index (κ2) is 12.6. The van der Waals surface area contributed by atoms with Gasteiger partial charge in [-0.25, -0.2) is 0 Å². The summed E-state index contributed by atoms with van der Waals surface area (Å²) in [7, 11) is 2.11. The van der Waals surface area contributed by atoms with Crippen molar-refractivity contribution in [3.8, 4) is 12.1 Å². The number of hydrogen-bond donors (Lipinski definition) is 0. The van der Waals surface area contributed by atoms with Crippen LogP contribution >= 0.6 is 0 Å². The molecule has 2 saturated heterocycles. The van der Waals surface area contributed by atoms with Crippen molar-refractivity contribution in [2.24, 2.45) is 0 Å². The molecule has 0 aliphatic carbocycles. The van der Waals surface area contributed by atoms with Gasteiger partial charge in [0.2, 0.25) is 5.91 Å². The number of likely N-dealkylation sites (N-methyl/N-ethyl adjacent to an activating group) is 1. The molecule has 4 heterocycles. The number of carbonyl (C=O) groups excluding carboxylic acids is 2. The SMILES string of the molecule is C=CC(=O)N1CCN(c2nc(OC[C@@H]3CCCN3C)nc3c2CN(C(=O)c2cccc4cccc(CC)c24)C3)C[C@@H]1CC#N. The number of aryl methyl sites for hydroxylation is 1. The summed E-state index contributed by atoms with van der Waals surface area (Å²) in [4.78, 5) is 44.4. The molecule has 3 aromatic rings. The first kappa shape index (κ1) is 29.6. The standard InChI is InChI=1S/C34H39N7O3/c1-4-23-9-6-10-24-11-7-13-27(31(23)24)33(43)40-20-28-29(21-40)36-34(44-22-26-12-8-16-38(26)3)37-32(28)39-17-18-41(30(42)5-2)25(19-39)14-15-35/h5-7,9-11,13,25-26H,2,4,8,12,14,16-22H2,1,3H3/t25-,26-/m0/s1. The molecule has 0 N–H and O–H groups in total. The van der Waals surface area contributed by atoms with Crippen molar-refractivity contribution in [3.05, 3.63) is 71.4 Å². The largest absolute Gasteiger partial charge is 0.462 e. The van der Waals surface area contributed by atoms with Gasteiger partial charge in [-0.2, -0.15) is 15.2 Å². The van der Waals surface area contributed by atoms with E-state index in [2.05, 4.69) is 42.5 Å². The van der Waals surface area contributed by atoms with Crippen LogP contribution < -0.4 is 9.64 Å². The number of nitriles is 1. The van der Waals surface area contributed by atoms with E-state index >= 15 is 0 Å². The first-order chi connectivity index (χ1) is 21.4. The highest BCUT2D eigenvalue weighted by atomic mass is 16.5. The van der Waals surface area contributed by atoms with E-state index in [0.29, 0.717) is 62.8 Å². The first-order valence-electron chi connectivity index (χ1n) is 15.5. The summed E-state index contributed by atoms with van der Waals surface area (Å²) < 4.78 is 6.21. The van der Waals surface area contributed by atoms with Crippen molar-refractivity contribution in [3.63, 3.8) is 0 Å². The monoisotopic (exact) mass is 593 g/mol. The molecule has 3 aliphatic heterocycles. The van der Waals surface area contributed by atoms with Gasteiger partial charge in [0.15, 0.2) is 0 Å². The Morgan fingerprint density at radius 3 is 2.66 bits per heavy atom. The van der Waals surface area contributed by atoms with Crippen LogP contribution in [0.25, 0.3) is 10.8 Å². The molecule has 2 amide bonds. The summed E-state index contributed by atoms with van der Waals surface area (Å²) in [5.41, 5.74) is 3.50. The van der Waals surface area contributed by atoms with E-state index in [0.717, 1.165) is 53.4 Å². The van der Waals surface area contributed by atoms with Crippen LogP contribution in [0, 0.1) is 11.3 Å². The summed E-state index contributed by atoms with van der Waals surface area (Å²) in [5.74, 6) is 0.487. The second-order valence-electron chi connectivity index (χ2n) is 11.9. The lowest BCUT2D eigenvalue weighted by molar-refractivity contribution is -0.128. The number of aromatic nitrogens is 2. The van der Waals surface area contributed by atoms with Crippen molar-refractivity contribution < 1.29 is 14.3 Å². The maximum atomic E-state index is 14.1. The number of piperazine rings is 1. The molecular formula is C34H39N7O3. The molecule has 3 aliphatic rings. The van der Waals surface area contributed by atoms with Gasteiger partial charge in [0.1, 0.15) is 12.4 Å². The third-order valence-electron chi connectivity index (χ3n) is 9.27. The van der Waals surface area contributed by atoms with Crippen molar-refractivity contribution in [1.29, 1.82) is 5.26 Å². The number of nitrogens with zero attached hydrogens (tertiary/aromatic N) is 7. The molecule has 0 radical (unpaired) electrons. The second-order valence-corrected chi connectivity index (χ2v) is 11.9. The maximum absolute atomic E-state index is 14.1. The molecule has 2 aromatic carbocycles. The van der Waals surface area contributed by atoms with Crippen molar-refractivity contribution in [2.45, 2.75) is 57.8 Å². The topological polar surface area (TPSA) is 106 Å². The van der Waals surface area contributed by atoms with E-state index in [4.69, 9.17) is 14.7 Å². The number of amides is 2. The average Bonchev–Trinajstić information content (AvgIpc) is 3.67. The van der Waals surface area contributed by atoms with E-state index in [1.165, 1.54) is 6.08 Å². The summed E-state index contributed by atoms with van der Waals surface area (Å²) in [5, 5.41) is 11.6.